The molecular formula is C11H12ClNO. The minimum Gasteiger partial charge on any atom is -0.489 e. The van der Waals surface area contributed by atoms with Crippen LogP contribution in [0.3, 0.4) is 0 Å². The zero-order valence-electron chi connectivity index (χ0n) is 8.01. The maximum absolute atomic E-state index is 5.92. The van der Waals surface area contributed by atoms with Crippen molar-refractivity contribution >= 4 is 17.2 Å². The Kier molecular flexibility index (Phi) is 2.48. The third kappa shape index (κ3) is 1.51. The zero-order chi connectivity index (χ0) is 10.1. The van der Waals surface area contributed by atoms with E-state index in [-0.39, 0.29) is 0 Å². The number of rotatable bonds is 1. The Balaban J connectivity index is 2.55. The fourth-order valence-electron chi connectivity index (χ4n) is 1.60. The molecule has 2 rings (SSSR count). The van der Waals surface area contributed by atoms with Gasteiger partial charge in [-0.15, -0.1) is 0 Å². The number of ether oxygens (including phenoxy) is 1. The van der Waals surface area contributed by atoms with Crippen LogP contribution in [0.25, 0.3) is 5.57 Å². The van der Waals surface area contributed by atoms with Gasteiger partial charge in [-0.1, -0.05) is 11.6 Å². The highest BCUT2D eigenvalue weighted by atomic mass is 35.5. The van der Waals surface area contributed by atoms with Gasteiger partial charge >= 0.3 is 0 Å². The first-order valence-electron chi connectivity index (χ1n) is 4.54. The van der Waals surface area contributed by atoms with Crippen LogP contribution in [0.1, 0.15) is 12.5 Å². The minimum atomic E-state index is 0.539. The van der Waals surface area contributed by atoms with Gasteiger partial charge in [0.25, 0.3) is 0 Å². The molecule has 1 aromatic rings. The standard InChI is InChI=1S/C11H12ClNO/c1-7-8(5-13)6-14-11-3-2-9(12)4-10(7)11/h2-4H,5-6,13H2,1H3. The molecule has 0 saturated carbocycles. The van der Waals surface area contributed by atoms with Crippen LogP contribution in [0.4, 0.5) is 0 Å². The summed E-state index contributed by atoms with van der Waals surface area (Å²) in [6.07, 6.45) is 0. The summed E-state index contributed by atoms with van der Waals surface area (Å²) in [5.74, 6) is 0.893. The highest BCUT2D eigenvalue weighted by Gasteiger charge is 2.15. The van der Waals surface area contributed by atoms with Crippen molar-refractivity contribution in [2.45, 2.75) is 6.92 Å². The Morgan fingerprint density at radius 2 is 2.29 bits per heavy atom. The van der Waals surface area contributed by atoms with Crippen LogP contribution < -0.4 is 10.5 Å². The molecule has 0 amide bonds. The Morgan fingerprint density at radius 3 is 3.00 bits per heavy atom. The lowest BCUT2D eigenvalue weighted by Crippen LogP contribution is -2.17. The summed E-state index contributed by atoms with van der Waals surface area (Å²) >= 11 is 5.92. The van der Waals surface area contributed by atoms with E-state index in [1.165, 1.54) is 5.57 Å². The van der Waals surface area contributed by atoms with Crippen LogP contribution >= 0.6 is 11.6 Å². The second-order valence-corrected chi connectivity index (χ2v) is 3.80. The third-order valence-corrected chi connectivity index (χ3v) is 2.76. The molecule has 0 atom stereocenters. The molecule has 0 aliphatic carbocycles. The molecule has 1 aliphatic rings. The highest BCUT2D eigenvalue weighted by Crippen LogP contribution is 2.34. The second kappa shape index (κ2) is 3.64. The Labute approximate surface area is 88.3 Å². The van der Waals surface area contributed by atoms with Crippen molar-refractivity contribution < 1.29 is 4.74 Å². The van der Waals surface area contributed by atoms with Gasteiger partial charge in [-0.05, 0) is 36.3 Å². The average molecular weight is 210 g/mol. The van der Waals surface area contributed by atoms with Crippen LogP contribution in [-0.4, -0.2) is 13.2 Å². The zero-order valence-corrected chi connectivity index (χ0v) is 8.77. The van der Waals surface area contributed by atoms with Crippen molar-refractivity contribution in [2.24, 2.45) is 5.73 Å². The van der Waals surface area contributed by atoms with E-state index in [2.05, 4.69) is 6.92 Å². The Morgan fingerprint density at radius 1 is 1.50 bits per heavy atom. The topological polar surface area (TPSA) is 35.2 Å². The smallest absolute Gasteiger partial charge is 0.127 e. The molecule has 14 heavy (non-hydrogen) atoms. The van der Waals surface area contributed by atoms with Gasteiger partial charge in [-0.25, -0.2) is 0 Å². The number of hydrogen-bond donors (Lipinski definition) is 1. The number of nitrogens with two attached hydrogens (primary N) is 1. The SMILES string of the molecule is CC1=C(CN)COc2ccc(Cl)cc21. The van der Waals surface area contributed by atoms with Gasteiger partial charge in [0.1, 0.15) is 12.4 Å². The number of benzene rings is 1. The summed E-state index contributed by atoms with van der Waals surface area (Å²) in [6, 6.07) is 5.65. The van der Waals surface area contributed by atoms with E-state index >= 15 is 0 Å². The van der Waals surface area contributed by atoms with Gasteiger partial charge < -0.3 is 10.5 Å². The molecular weight excluding hydrogens is 198 g/mol. The molecule has 0 spiro atoms. The highest BCUT2D eigenvalue weighted by molar-refractivity contribution is 6.30. The van der Waals surface area contributed by atoms with Crippen LogP contribution in [0.5, 0.6) is 5.75 Å². The molecule has 0 unspecified atom stereocenters. The largest absolute Gasteiger partial charge is 0.489 e. The molecule has 1 aromatic carbocycles. The predicted octanol–water partition coefficient (Wildman–Crippen LogP) is 2.46. The number of halogens is 1. The van der Waals surface area contributed by atoms with Crippen molar-refractivity contribution in [3.63, 3.8) is 0 Å². The second-order valence-electron chi connectivity index (χ2n) is 3.36. The van der Waals surface area contributed by atoms with E-state index in [0.717, 1.165) is 21.9 Å². The predicted molar refractivity (Wildman–Crippen MR) is 58.6 cm³/mol. The van der Waals surface area contributed by atoms with E-state index in [9.17, 15) is 0 Å². The summed E-state index contributed by atoms with van der Waals surface area (Å²) in [5.41, 5.74) is 9.01. The number of fused-ring (bicyclic) bond motifs is 1. The van der Waals surface area contributed by atoms with Gasteiger partial charge in [0.05, 0.1) is 0 Å². The number of allylic oxidation sites excluding steroid dienone is 1. The molecule has 0 saturated heterocycles. The lowest BCUT2D eigenvalue weighted by molar-refractivity contribution is 0.344. The van der Waals surface area contributed by atoms with E-state index in [1.54, 1.807) is 0 Å². The lowest BCUT2D eigenvalue weighted by Gasteiger charge is -2.21. The Hall–Kier alpha value is -0.990. The minimum absolute atomic E-state index is 0.539. The molecule has 0 fully saturated rings. The van der Waals surface area contributed by atoms with Crippen LogP contribution in [0.15, 0.2) is 23.8 Å². The average Bonchev–Trinajstić information content (AvgIpc) is 2.20. The van der Waals surface area contributed by atoms with Gasteiger partial charge in [0.2, 0.25) is 0 Å². The molecule has 3 heteroatoms. The normalized spacial score (nSPS) is 15.1. The first kappa shape index (κ1) is 9.56. The van der Waals surface area contributed by atoms with Gasteiger partial charge in [0.15, 0.2) is 0 Å². The first-order valence-corrected chi connectivity index (χ1v) is 4.91. The van der Waals surface area contributed by atoms with Gasteiger partial charge in [0, 0.05) is 17.1 Å². The van der Waals surface area contributed by atoms with Crippen molar-refractivity contribution in [3.05, 3.63) is 34.4 Å². The lowest BCUT2D eigenvalue weighted by atomic mass is 9.99. The fourth-order valence-corrected chi connectivity index (χ4v) is 1.77. The van der Waals surface area contributed by atoms with Crippen LogP contribution in [-0.2, 0) is 0 Å². The van der Waals surface area contributed by atoms with Crippen molar-refractivity contribution in [1.82, 2.24) is 0 Å². The Bertz CT molecular complexity index is 398. The summed E-state index contributed by atoms with van der Waals surface area (Å²) in [6.45, 7) is 3.19. The van der Waals surface area contributed by atoms with Crippen molar-refractivity contribution in [2.75, 3.05) is 13.2 Å². The fraction of sp³-hybridized carbons (Fsp3) is 0.273. The summed E-state index contributed by atoms with van der Waals surface area (Å²) in [4.78, 5) is 0. The van der Waals surface area contributed by atoms with E-state index in [0.29, 0.717) is 13.2 Å². The van der Waals surface area contributed by atoms with Crippen molar-refractivity contribution in [1.29, 1.82) is 0 Å². The molecule has 1 heterocycles. The maximum atomic E-state index is 5.92. The van der Waals surface area contributed by atoms with E-state index in [4.69, 9.17) is 22.1 Å². The third-order valence-electron chi connectivity index (χ3n) is 2.52. The molecule has 74 valence electrons. The van der Waals surface area contributed by atoms with E-state index in [1.807, 2.05) is 18.2 Å². The summed E-state index contributed by atoms with van der Waals surface area (Å²) < 4.78 is 5.56. The first-order chi connectivity index (χ1) is 6.72. The maximum Gasteiger partial charge on any atom is 0.127 e. The monoisotopic (exact) mass is 209 g/mol. The summed E-state index contributed by atoms with van der Waals surface area (Å²) in [7, 11) is 0. The molecule has 1 aliphatic heterocycles. The van der Waals surface area contributed by atoms with Crippen LogP contribution in [0.2, 0.25) is 5.02 Å². The quantitative estimate of drug-likeness (QED) is 0.771. The van der Waals surface area contributed by atoms with Crippen molar-refractivity contribution in [3.8, 4) is 5.75 Å². The van der Waals surface area contributed by atoms with E-state index < -0.39 is 0 Å². The van der Waals surface area contributed by atoms with Gasteiger partial charge in [-0.3, -0.25) is 0 Å². The van der Waals surface area contributed by atoms with Crippen LogP contribution in [0, 0.1) is 0 Å². The van der Waals surface area contributed by atoms with Gasteiger partial charge in [-0.2, -0.15) is 0 Å². The summed E-state index contributed by atoms with van der Waals surface area (Å²) in [5, 5.41) is 0.727. The molecule has 0 bridgehead atoms. The molecule has 0 aromatic heterocycles. The number of hydrogen-bond acceptors (Lipinski definition) is 2. The molecule has 0 radical (unpaired) electrons. The molecule has 2 nitrogen and oxygen atoms in total. The molecule has 2 N–H and O–H groups in total.